The van der Waals surface area contributed by atoms with E-state index >= 15 is 4.79 Å². The molecule has 3 fully saturated rings. The molecule has 6 unspecified atom stereocenters. The highest BCUT2D eigenvalue weighted by Gasteiger charge is 2.71. The number of likely N-dealkylation sites (tertiary alicyclic amines) is 1. The standard InChI is InChI=1S/C36H30Cl3F3N4O5/c1-34(2,3)45-30(48)21-10-9-20-22(27(21)32(45)50)14-24-31(49)46(44-29-25(39)12-17(15-43-29)36(40,41)42)33(51)35(24,16-4-6-18(37)7-5-16)28(20)23-13-19(38)8-11-26(23)47/h4-9,11-13,15,21-22,24,27-28,47H,10,14H2,1-3H3,(H,43,44). The Balaban J connectivity index is 1.45. The first-order valence-corrected chi connectivity index (χ1v) is 17.2. The fraction of sp³-hybridized carbons (Fsp3) is 0.361. The summed E-state index contributed by atoms with van der Waals surface area (Å²) >= 11 is 19.0. The average Bonchev–Trinajstić information content (AvgIpc) is 3.44. The van der Waals surface area contributed by atoms with Gasteiger partial charge in [-0.25, -0.2) is 4.98 Å². The zero-order chi connectivity index (χ0) is 36.9. The molecule has 2 aliphatic heterocycles. The van der Waals surface area contributed by atoms with Crippen molar-refractivity contribution in [2.75, 3.05) is 5.43 Å². The van der Waals surface area contributed by atoms with E-state index in [0.717, 1.165) is 0 Å². The number of aromatic nitrogens is 1. The van der Waals surface area contributed by atoms with Crippen LogP contribution >= 0.6 is 34.8 Å². The summed E-state index contributed by atoms with van der Waals surface area (Å²) < 4.78 is 40.2. The van der Waals surface area contributed by atoms with E-state index in [9.17, 15) is 32.7 Å². The molecule has 51 heavy (non-hydrogen) atoms. The zero-order valence-electron chi connectivity index (χ0n) is 27.3. The van der Waals surface area contributed by atoms with Gasteiger partial charge in [0.25, 0.3) is 11.8 Å². The van der Waals surface area contributed by atoms with Gasteiger partial charge in [-0.1, -0.05) is 58.6 Å². The molecule has 4 aliphatic rings. The van der Waals surface area contributed by atoms with E-state index in [0.29, 0.717) is 33.4 Å². The van der Waals surface area contributed by atoms with Crippen molar-refractivity contribution < 1.29 is 37.5 Å². The molecule has 2 aliphatic carbocycles. The van der Waals surface area contributed by atoms with Gasteiger partial charge >= 0.3 is 6.18 Å². The number of allylic oxidation sites excluding steroid dienone is 2. The van der Waals surface area contributed by atoms with E-state index in [-0.39, 0.29) is 40.9 Å². The summed E-state index contributed by atoms with van der Waals surface area (Å²) in [6, 6.07) is 11.3. The molecule has 0 radical (unpaired) electrons. The summed E-state index contributed by atoms with van der Waals surface area (Å²) in [7, 11) is 0. The summed E-state index contributed by atoms with van der Waals surface area (Å²) in [5, 5.41) is 12.2. The number of phenolic OH excluding ortho intramolecular Hbond substituents is 1. The number of halogens is 6. The van der Waals surface area contributed by atoms with Crippen LogP contribution in [0.15, 0.2) is 66.4 Å². The van der Waals surface area contributed by atoms with E-state index in [1.807, 2.05) is 6.08 Å². The number of hydrazine groups is 1. The minimum absolute atomic E-state index is 0.0542. The number of nitrogens with one attached hydrogen (secondary N) is 1. The Labute approximate surface area is 305 Å². The van der Waals surface area contributed by atoms with E-state index in [4.69, 9.17) is 34.8 Å². The maximum atomic E-state index is 15.2. The molecule has 0 spiro atoms. The molecule has 266 valence electrons. The van der Waals surface area contributed by atoms with Gasteiger partial charge in [0.2, 0.25) is 11.8 Å². The number of phenols is 1. The molecule has 9 nitrogen and oxygen atoms in total. The Morgan fingerprint density at radius 3 is 2.20 bits per heavy atom. The normalized spacial score (nSPS) is 27.7. The first-order chi connectivity index (χ1) is 23.9. The predicted octanol–water partition coefficient (Wildman–Crippen LogP) is 7.55. The smallest absolute Gasteiger partial charge is 0.417 e. The Bertz CT molecular complexity index is 2050. The summed E-state index contributed by atoms with van der Waals surface area (Å²) in [5.74, 6) is -7.53. The number of carbonyl (C=O) groups is 4. The van der Waals surface area contributed by atoms with E-state index in [1.54, 1.807) is 45.0 Å². The highest BCUT2D eigenvalue weighted by atomic mass is 35.5. The van der Waals surface area contributed by atoms with Crippen molar-refractivity contribution in [2.45, 2.75) is 56.7 Å². The quantitative estimate of drug-likeness (QED) is 0.208. The molecule has 4 amide bonds. The number of carbonyl (C=O) groups excluding carboxylic acids is 4. The minimum atomic E-state index is -4.75. The summed E-state index contributed by atoms with van der Waals surface area (Å²) in [5.41, 5.74) is -0.0611. The predicted molar refractivity (Wildman–Crippen MR) is 182 cm³/mol. The van der Waals surface area contributed by atoms with Crippen LogP contribution in [0.3, 0.4) is 0 Å². The molecule has 0 bridgehead atoms. The molecule has 7 rings (SSSR count). The van der Waals surface area contributed by atoms with Gasteiger partial charge < -0.3 is 5.11 Å². The van der Waals surface area contributed by atoms with Crippen LogP contribution in [0.1, 0.15) is 56.2 Å². The van der Waals surface area contributed by atoms with Crippen molar-refractivity contribution in [3.05, 3.63) is 98.1 Å². The lowest BCUT2D eigenvalue weighted by molar-refractivity contribution is -0.146. The zero-order valence-corrected chi connectivity index (χ0v) is 29.5. The Hall–Kier alpha value is -4.13. The number of anilines is 1. The topological polar surface area (TPSA) is 120 Å². The summed E-state index contributed by atoms with van der Waals surface area (Å²) in [6.07, 6.45) is -2.29. The van der Waals surface area contributed by atoms with Crippen molar-refractivity contribution >= 4 is 64.2 Å². The van der Waals surface area contributed by atoms with Crippen molar-refractivity contribution in [2.24, 2.45) is 23.7 Å². The largest absolute Gasteiger partial charge is 0.508 e. The van der Waals surface area contributed by atoms with Gasteiger partial charge in [-0.15, -0.1) is 0 Å². The Kier molecular flexibility index (Phi) is 8.27. The third kappa shape index (κ3) is 5.32. The number of fused-ring (bicyclic) bond motifs is 4. The lowest BCUT2D eigenvalue weighted by atomic mass is 9.49. The lowest BCUT2D eigenvalue weighted by Crippen LogP contribution is -2.53. The molecule has 3 heterocycles. The Morgan fingerprint density at radius 2 is 1.57 bits per heavy atom. The van der Waals surface area contributed by atoms with Crippen molar-refractivity contribution in [3.8, 4) is 5.75 Å². The van der Waals surface area contributed by atoms with Crippen molar-refractivity contribution in [1.29, 1.82) is 0 Å². The van der Waals surface area contributed by atoms with Crippen LogP contribution in [-0.4, -0.2) is 49.2 Å². The second kappa shape index (κ2) is 12.0. The molecule has 1 aromatic heterocycles. The van der Waals surface area contributed by atoms with Gasteiger partial charge in [0, 0.05) is 33.3 Å². The first-order valence-electron chi connectivity index (χ1n) is 16.1. The monoisotopic (exact) mass is 760 g/mol. The van der Waals surface area contributed by atoms with Crippen LogP contribution in [0.25, 0.3) is 0 Å². The van der Waals surface area contributed by atoms with Crippen molar-refractivity contribution in [3.63, 3.8) is 0 Å². The molecule has 2 saturated heterocycles. The molecular formula is C36H30Cl3F3N4O5. The second-order valence-corrected chi connectivity index (χ2v) is 15.6. The average molecular weight is 762 g/mol. The summed E-state index contributed by atoms with van der Waals surface area (Å²) in [4.78, 5) is 62.8. The third-order valence-electron chi connectivity index (χ3n) is 10.5. The van der Waals surface area contributed by atoms with Crippen molar-refractivity contribution in [1.82, 2.24) is 14.9 Å². The maximum absolute atomic E-state index is 15.2. The molecule has 2 N–H and O–H groups in total. The third-order valence-corrected chi connectivity index (χ3v) is 11.3. The summed E-state index contributed by atoms with van der Waals surface area (Å²) in [6.45, 7) is 5.28. The van der Waals surface area contributed by atoms with Crippen LogP contribution in [-0.2, 0) is 30.8 Å². The van der Waals surface area contributed by atoms with Gasteiger partial charge in [-0.05, 0) is 81.5 Å². The fourth-order valence-corrected chi connectivity index (χ4v) is 9.06. The van der Waals surface area contributed by atoms with E-state index in [2.05, 4.69) is 10.4 Å². The van der Waals surface area contributed by atoms with Crippen LogP contribution in [0, 0.1) is 23.7 Å². The fourth-order valence-electron chi connectivity index (χ4n) is 8.55. The number of amides is 4. The van der Waals surface area contributed by atoms with Gasteiger partial charge in [0.15, 0.2) is 5.82 Å². The minimum Gasteiger partial charge on any atom is -0.508 e. The molecule has 3 aromatic rings. The molecule has 15 heteroatoms. The SMILES string of the molecule is CC(C)(C)N1C(=O)C2CC=C3C(CC4C(=O)N(Nc5ncc(C(F)(F)F)cc5Cl)C(=O)C4(c4ccc(Cl)cc4)C3c3cc(Cl)ccc3O)C2C1=O. The van der Waals surface area contributed by atoms with Gasteiger partial charge in [-0.2, -0.15) is 18.2 Å². The van der Waals surface area contributed by atoms with E-state index < -0.39 is 75.0 Å². The number of pyridine rings is 1. The molecule has 6 atom stereocenters. The number of rotatable bonds is 4. The number of imide groups is 2. The molecule has 2 aromatic carbocycles. The number of aromatic hydroxyl groups is 1. The van der Waals surface area contributed by atoms with Crippen LogP contribution < -0.4 is 5.43 Å². The van der Waals surface area contributed by atoms with Crippen LogP contribution in [0.4, 0.5) is 19.0 Å². The van der Waals surface area contributed by atoms with Crippen LogP contribution in [0.2, 0.25) is 15.1 Å². The van der Waals surface area contributed by atoms with Crippen LogP contribution in [0.5, 0.6) is 5.75 Å². The number of hydrogen-bond donors (Lipinski definition) is 2. The number of benzene rings is 2. The Morgan fingerprint density at radius 1 is 0.902 bits per heavy atom. The van der Waals surface area contributed by atoms with E-state index in [1.165, 1.54) is 23.1 Å². The molecule has 1 saturated carbocycles. The second-order valence-electron chi connectivity index (χ2n) is 14.3. The highest BCUT2D eigenvalue weighted by Crippen LogP contribution is 2.65. The first kappa shape index (κ1) is 35.3. The number of nitrogens with zero attached hydrogens (tertiary/aromatic N) is 3. The van der Waals surface area contributed by atoms with Gasteiger partial charge in [0.1, 0.15) is 5.75 Å². The maximum Gasteiger partial charge on any atom is 0.417 e. The number of hydrogen-bond acceptors (Lipinski definition) is 7. The molecular weight excluding hydrogens is 732 g/mol. The lowest BCUT2D eigenvalue weighted by Gasteiger charge is -2.50. The van der Waals surface area contributed by atoms with Gasteiger partial charge in [0.05, 0.1) is 33.8 Å². The number of alkyl halides is 3. The van der Waals surface area contributed by atoms with Gasteiger partial charge in [-0.3, -0.25) is 29.5 Å². The highest BCUT2D eigenvalue weighted by molar-refractivity contribution is 6.33.